The number of non-ortho nitro benzene ring substituents is 1. The Bertz CT molecular complexity index is 981. The molecule has 0 atom stereocenters. The van der Waals surface area contributed by atoms with E-state index in [1.54, 1.807) is 0 Å². The number of aromatic amines is 1. The van der Waals surface area contributed by atoms with Gasteiger partial charge >= 0.3 is 0 Å². The van der Waals surface area contributed by atoms with Gasteiger partial charge in [0.2, 0.25) is 4.77 Å². The average Bonchev–Trinajstić information content (AvgIpc) is 2.95. The van der Waals surface area contributed by atoms with Gasteiger partial charge < -0.3 is 0 Å². The number of nitrogens with one attached hydrogen (secondary N) is 1. The Morgan fingerprint density at radius 3 is 2.75 bits per heavy atom. The summed E-state index contributed by atoms with van der Waals surface area (Å²) in [6.45, 7) is 0. The first-order valence-corrected chi connectivity index (χ1v) is 7.56. The van der Waals surface area contributed by atoms with Gasteiger partial charge in [0, 0.05) is 28.3 Å². The summed E-state index contributed by atoms with van der Waals surface area (Å²) in [4.78, 5) is 10.4. The molecule has 3 rings (SSSR count). The number of hydrogen-bond acceptors (Lipinski definition) is 5. The predicted octanol–water partition coefficient (Wildman–Crippen LogP) is 4.05. The van der Waals surface area contributed by atoms with Crippen LogP contribution < -0.4 is 0 Å². The van der Waals surface area contributed by atoms with E-state index in [9.17, 15) is 10.1 Å². The summed E-state index contributed by atoms with van der Waals surface area (Å²) >= 11 is 11.2. The van der Waals surface area contributed by atoms with Crippen LogP contribution in [0.2, 0.25) is 5.02 Å². The molecule has 0 aliphatic rings. The number of nitrogens with zero attached hydrogens (tertiary/aromatic N) is 4. The number of benzene rings is 2. The van der Waals surface area contributed by atoms with Gasteiger partial charge in [0.05, 0.1) is 11.1 Å². The summed E-state index contributed by atoms with van der Waals surface area (Å²) < 4.78 is 1.73. The van der Waals surface area contributed by atoms with E-state index in [0.29, 0.717) is 21.2 Å². The summed E-state index contributed by atoms with van der Waals surface area (Å²) in [5.41, 5.74) is 1.17. The van der Waals surface area contributed by atoms with Gasteiger partial charge in [0.15, 0.2) is 5.82 Å². The molecule has 0 aliphatic carbocycles. The summed E-state index contributed by atoms with van der Waals surface area (Å²) in [6, 6.07) is 13.5. The summed E-state index contributed by atoms with van der Waals surface area (Å²) in [5.74, 6) is 0.526. The Morgan fingerprint density at radius 1 is 1.29 bits per heavy atom. The molecule has 1 aromatic heterocycles. The molecule has 1 N–H and O–H groups in total. The molecule has 0 unspecified atom stereocenters. The van der Waals surface area contributed by atoms with Gasteiger partial charge in [-0.15, -0.1) is 0 Å². The van der Waals surface area contributed by atoms with Crippen LogP contribution in [0.25, 0.3) is 11.4 Å². The molecule has 0 spiro atoms. The van der Waals surface area contributed by atoms with Crippen LogP contribution in [0, 0.1) is 14.9 Å². The van der Waals surface area contributed by atoms with Crippen LogP contribution in [0.5, 0.6) is 0 Å². The van der Waals surface area contributed by atoms with Crippen molar-refractivity contribution in [2.24, 2.45) is 5.10 Å². The van der Waals surface area contributed by atoms with Crippen molar-refractivity contribution in [3.63, 3.8) is 0 Å². The average molecular weight is 360 g/mol. The second-order valence-corrected chi connectivity index (χ2v) is 5.53. The van der Waals surface area contributed by atoms with E-state index >= 15 is 0 Å². The lowest BCUT2D eigenvalue weighted by molar-refractivity contribution is -0.384. The highest BCUT2D eigenvalue weighted by atomic mass is 35.5. The minimum absolute atomic E-state index is 0.0695. The molecular weight excluding hydrogens is 350 g/mol. The van der Waals surface area contributed by atoms with E-state index in [1.807, 2.05) is 30.3 Å². The van der Waals surface area contributed by atoms with Gasteiger partial charge in [0.25, 0.3) is 5.69 Å². The second-order valence-electron chi connectivity index (χ2n) is 4.74. The Kier molecular flexibility index (Phi) is 4.50. The molecule has 0 saturated heterocycles. The SMILES string of the molecule is O=[N+]([O-])c1ccc(Cl)c(/C=N\n2c(-c3ccccc3)n[nH]c2=S)c1. The monoisotopic (exact) mass is 359 g/mol. The largest absolute Gasteiger partial charge is 0.270 e. The van der Waals surface area contributed by atoms with Gasteiger partial charge in [0.1, 0.15) is 0 Å². The third kappa shape index (κ3) is 3.24. The van der Waals surface area contributed by atoms with Crippen molar-refractivity contribution in [3.8, 4) is 11.4 Å². The molecule has 120 valence electrons. The van der Waals surface area contributed by atoms with Crippen LogP contribution in [0.3, 0.4) is 0 Å². The van der Waals surface area contributed by atoms with Crippen LogP contribution in [-0.2, 0) is 0 Å². The van der Waals surface area contributed by atoms with Gasteiger partial charge in [-0.2, -0.15) is 14.9 Å². The fraction of sp³-hybridized carbons (Fsp3) is 0. The Hall–Kier alpha value is -2.84. The zero-order valence-electron chi connectivity index (χ0n) is 12.1. The number of rotatable bonds is 4. The van der Waals surface area contributed by atoms with E-state index in [4.69, 9.17) is 23.8 Å². The Morgan fingerprint density at radius 2 is 2.04 bits per heavy atom. The fourth-order valence-corrected chi connectivity index (χ4v) is 2.38. The van der Waals surface area contributed by atoms with Crippen LogP contribution >= 0.6 is 23.8 Å². The van der Waals surface area contributed by atoms with Crippen LogP contribution in [-0.4, -0.2) is 26.0 Å². The van der Waals surface area contributed by atoms with Crippen molar-refractivity contribution >= 4 is 35.7 Å². The molecule has 2 aromatic carbocycles. The molecule has 0 amide bonds. The number of nitro benzene ring substituents is 1. The van der Waals surface area contributed by atoms with Crippen LogP contribution in [0.4, 0.5) is 5.69 Å². The Balaban J connectivity index is 2.02. The number of nitro groups is 1. The molecule has 24 heavy (non-hydrogen) atoms. The number of H-pyrrole nitrogens is 1. The van der Waals surface area contributed by atoms with Gasteiger partial charge in [-0.25, -0.2) is 5.10 Å². The summed E-state index contributed by atoms with van der Waals surface area (Å²) in [7, 11) is 0. The highest BCUT2D eigenvalue weighted by Gasteiger charge is 2.10. The molecular formula is C15H10ClN5O2S. The van der Waals surface area contributed by atoms with Crippen molar-refractivity contribution in [2.75, 3.05) is 0 Å². The standard InChI is InChI=1S/C15H10ClN5O2S/c16-13-7-6-12(21(22)23)8-11(13)9-17-20-14(18-19-15(20)24)10-4-2-1-3-5-10/h1-9H,(H,19,24)/b17-9-. The van der Waals surface area contributed by atoms with E-state index in [-0.39, 0.29) is 5.69 Å². The van der Waals surface area contributed by atoms with Crippen molar-refractivity contribution in [1.82, 2.24) is 14.9 Å². The van der Waals surface area contributed by atoms with Crippen molar-refractivity contribution in [3.05, 3.63) is 74.0 Å². The topological polar surface area (TPSA) is 89.1 Å². The smallest absolute Gasteiger partial charge is 0.258 e. The molecule has 7 nitrogen and oxygen atoms in total. The molecule has 3 aromatic rings. The highest BCUT2D eigenvalue weighted by Crippen LogP contribution is 2.21. The fourth-order valence-electron chi connectivity index (χ4n) is 2.04. The van der Waals surface area contributed by atoms with E-state index < -0.39 is 4.92 Å². The zero-order valence-corrected chi connectivity index (χ0v) is 13.7. The summed E-state index contributed by atoms with van der Waals surface area (Å²) in [6.07, 6.45) is 1.41. The summed E-state index contributed by atoms with van der Waals surface area (Å²) in [5, 5.41) is 22.3. The predicted molar refractivity (Wildman–Crippen MR) is 93.9 cm³/mol. The molecule has 0 saturated carbocycles. The van der Waals surface area contributed by atoms with Gasteiger partial charge in [-0.05, 0) is 18.3 Å². The van der Waals surface area contributed by atoms with Crippen molar-refractivity contribution in [1.29, 1.82) is 0 Å². The minimum Gasteiger partial charge on any atom is -0.258 e. The van der Waals surface area contributed by atoms with E-state index in [2.05, 4.69) is 15.3 Å². The van der Waals surface area contributed by atoms with Crippen LogP contribution in [0.15, 0.2) is 53.6 Å². The lowest BCUT2D eigenvalue weighted by atomic mass is 10.2. The van der Waals surface area contributed by atoms with Crippen molar-refractivity contribution < 1.29 is 4.92 Å². The maximum atomic E-state index is 10.9. The number of halogens is 1. The molecule has 1 heterocycles. The first-order chi connectivity index (χ1) is 11.6. The van der Waals surface area contributed by atoms with Crippen LogP contribution in [0.1, 0.15) is 5.56 Å². The quantitative estimate of drug-likeness (QED) is 0.329. The maximum absolute atomic E-state index is 10.9. The maximum Gasteiger partial charge on any atom is 0.270 e. The zero-order chi connectivity index (χ0) is 17.1. The molecule has 0 radical (unpaired) electrons. The first-order valence-electron chi connectivity index (χ1n) is 6.77. The lowest BCUT2D eigenvalue weighted by Gasteiger charge is -2.01. The van der Waals surface area contributed by atoms with E-state index in [1.165, 1.54) is 29.1 Å². The molecule has 0 bridgehead atoms. The van der Waals surface area contributed by atoms with Crippen molar-refractivity contribution in [2.45, 2.75) is 0 Å². The normalized spacial score (nSPS) is 11.0. The molecule has 9 heteroatoms. The highest BCUT2D eigenvalue weighted by molar-refractivity contribution is 7.71. The van der Waals surface area contributed by atoms with Gasteiger partial charge in [-0.3, -0.25) is 10.1 Å². The third-order valence-corrected chi connectivity index (χ3v) is 3.79. The third-order valence-electron chi connectivity index (χ3n) is 3.19. The second kappa shape index (κ2) is 6.73. The van der Waals surface area contributed by atoms with Gasteiger partial charge in [-0.1, -0.05) is 41.9 Å². The Labute approximate surface area is 146 Å². The van der Waals surface area contributed by atoms with E-state index in [0.717, 1.165) is 5.56 Å². The lowest BCUT2D eigenvalue weighted by Crippen LogP contribution is -1.96. The molecule has 0 fully saturated rings. The molecule has 0 aliphatic heterocycles. The number of hydrogen-bond donors (Lipinski definition) is 1. The number of aromatic nitrogens is 3. The first kappa shape index (κ1) is 16.0. The minimum atomic E-state index is -0.493.